The Morgan fingerprint density at radius 1 is 0.719 bits per heavy atom. The van der Waals surface area contributed by atoms with Gasteiger partial charge in [-0.25, -0.2) is 0 Å². The first-order valence-electron chi connectivity index (χ1n) is 11.0. The van der Waals surface area contributed by atoms with Gasteiger partial charge < -0.3 is 18.8 Å². The maximum atomic E-state index is 13.7. The summed E-state index contributed by atoms with van der Waals surface area (Å²) in [5, 5.41) is 16.7. The van der Waals surface area contributed by atoms with Crippen molar-refractivity contribution in [2.24, 2.45) is 0 Å². The third-order valence-electron chi connectivity index (χ3n) is 6.49. The van der Waals surface area contributed by atoms with Crippen LogP contribution < -0.4 is 0 Å². The number of H-pyrrole nitrogens is 2. The maximum Gasteiger partial charge on any atom is 0.264 e. The zero-order valence-electron chi connectivity index (χ0n) is 18.5. The molecule has 0 saturated heterocycles. The molecule has 2 saturated carbocycles. The van der Waals surface area contributed by atoms with E-state index in [0.717, 1.165) is 48.2 Å². The van der Waals surface area contributed by atoms with Crippen LogP contribution in [-0.4, -0.2) is 36.1 Å². The molecule has 32 heavy (non-hydrogen) atoms. The van der Waals surface area contributed by atoms with E-state index >= 15 is 0 Å². The van der Waals surface area contributed by atoms with Crippen LogP contribution in [0.3, 0.4) is 0 Å². The van der Waals surface area contributed by atoms with Crippen LogP contribution in [0.5, 0.6) is 0 Å². The Hall–Kier alpha value is -3.49. The predicted octanol–water partition coefficient (Wildman–Crippen LogP) is 4.66. The lowest BCUT2D eigenvalue weighted by Crippen LogP contribution is -2.06. The fourth-order valence-electron chi connectivity index (χ4n) is 4.40. The Bertz CT molecular complexity index is 1260. The summed E-state index contributed by atoms with van der Waals surface area (Å²) in [6, 6.07) is 0. The van der Waals surface area contributed by atoms with Gasteiger partial charge in [0.05, 0.1) is 0 Å². The first-order valence-corrected chi connectivity index (χ1v) is 11.0. The number of carbonyl (C=O) groups is 1. The molecular weight excluding hydrogens is 408 g/mol. The summed E-state index contributed by atoms with van der Waals surface area (Å²) < 4.78 is 11.7. The van der Waals surface area contributed by atoms with E-state index in [4.69, 9.17) is 8.83 Å². The van der Waals surface area contributed by atoms with E-state index in [1.165, 1.54) is 0 Å². The van der Waals surface area contributed by atoms with E-state index in [1.807, 2.05) is 27.7 Å². The molecule has 9 heteroatoms. The maximum absolute atomic E-state index is 13.7. The molecule has 2 aliphatic rings. The molecule has 0 spiro atoms. The van der Waals surface area contributed by atoms with Gasteiger partial charge >= 0.3 is 0 Å². The van der Waals surface area contributed by atoms with Crippen LogP contribution >= 0.6 is 0 Å². The van der Waals surface area contributed by atoms with Crippen LogP contribution in [0.1, 0.15) is 87.7 Å². The second-order valence-electron chi connectivity index (χ2n) is 9.02. The quantitative estimate of drug-likeness (QED) is 0.424. The van der Waals surface area contributed by atoms with Crippen molar-refractivity contribution in [1.82, 2.24) is 30.4 Å². The van der Waals surface area contributed by atoms with Gasteiger partial charge in [-0.1, -0.05) is 0 Å². The molecule has 4 aromatic rings. The molecule has 4 heterocycles. The second-order valence-corrected chi connectivity index (χ2v) is 9.02. The highest BCUT2D eigenvalue weighted by molar-refractivity contribution is 6.13. The van der Waals surface area contributed by atoms with Crippen LogP contribution in [0.4, 0.5) is 0 Å². The largest absolute Gasteiger partial charge is 0.419 e. The van der Waals surface area contributed by atoms with E-state index < -0.39 is 0 Å². The molecule has 6 rings (SSSR count). The van der Waals surface area contributed by atoms with Gasteiger partial charge in [0.25, 0.3) is 11.8 Å². The molecule has 9 nitrogen and oxygen atoms in total. The molecular formula is C23H24N6O3. The monoisotopic (exact) mass is 432 g/mol. The number of nitrogens with one attached hydrogen (secondary N) is 2. The van der Waals surface area contributed by atoms with E-state index in [1.54, 1.807) is 0 Å². The van der Waals surface area contributed by atoms with Crippen LogP contribution in [-0.2, 0) is 0 Å². The molecule has 2 N–H and O–H groups in total. The minimum Gasteiger partial charge on any atom is -0.419 e. The first-order chi connectivity index (χ1) is 15.4. The lowest BCUT2D eigenvalue weighted by atomic mass is 9.96. The smallest absolute Gasteiger partial charge is 0.264 e. The topological polar surface area (TPSA) is 126 Å². The molecule has 0 radical (unpaired) electrons. The Kier molecular flexibility index (Phi) is 4.05. The molecule has 0 aromatic carbocycles. The zero-order valence-corrected chi connectivity index (χ0v) is 18.5. The summed E-state index contributed by atoms with van der Waals surface area (Å²) in [4.78, 5) is 20.3. The van der Waals surface area contributed by atoms with Crippen molar-refractivity contribution >= 4 is 5.78 Å². The average molecular weight is 432 g/mol. The Morgan fingerprint density at radius 2 is 1.12 bits per heavy atom. The minimum absolute atomic E-state index is 0.0659. The highest BCUT2D eigenvalue weighted by atomic mass is 16.4. The third kappa shape index (κ3) is 2.95. The van der Waals surface area contributed by atoms with Gasteiger partial charge in [-0.15, -0.1) is 20.4 Å². The van der Waals surface area contributed by atoms with E-state index in [2.05, 4.69) is 30.4 Å². The SMILES string of the molecule is Cc1[nH]c(-c2nnc(C3CC3)o2)c(C)c1C(=O)c1c(C)[nH]c(-c2nnc(C3CC3)o2)c1C. The zero-order chi connectivity index (χ0) is 22.1. The van der Waals surface area contributed by atoms with Gasteiger partial charge in [0, 0.05) is 34.4 Å². The number of ketones is 1. The van der Waals surface area contributed by atoms with E-state index in [9.17, 15) is 4.79 Å². The highest BCUT2D eigenvalue weighted by Gasteiger charge is 2.33. The fraction of sp³-hybridized carbons (Fsp3) is 0.435. The minimum atomic E-state index is -0.0659. The number of nitrogens with zero attached hydrogens (tertiary/aromatic N) is 4. The molecule has 4 aromatic heterocycles. The Balaban J connectivity index is 1.37. The van der Waals surface area contributed by atoms with Gasteiger partial charge in [0.2, 0.25) is 11.8 Å². The molecule has 0 atom stereocenters. The van der Waals surface area contributed by atoms with Gasteiger partial charge in [-0.3, -0.25) is 4.79 Å². The molecule has 0 unspecified atom stereocenters. The van der Waals surface area contributed by atoms with Crippen LogP contribution in [0.15, 0.2) is 8.83 Å². The van der Waals surface area contributed by atoms with Crippen LogP contribution in [0.2, 0.25) is 0 Å². The molecule has 0 amide bonds. The number of aromatic nitrogens is 6. The van der Waals surface area contributed by atoms with Crippen molar-refractivity contribution in [3.63, 3.8) is 0 Å². The Morgan fingerprint density at radius 3 is 1.50 bits per heavy atom. The first kappa shape index (κ1) is 19.2. The van der Waals surface area contributed by atoms with Gasteiger partial charge in [0.1, 0.15) is 11.4 Å². The van der Waals surface area contributed by atoms with Crippen molar-refractivity contribution in [3.8, 4) is 23.2 Å². The summed E-state index contributed by atoms with van der Waals surface area (Å²) in [6.45, 7) is 7.59. The summed E-state index contributed by atoms with van der Waals surface area (Å²) in [6.07, 6.45) is 4.35. The Labute approximate surface area is 184 Å². The summed E-state index contributed by atoms with van der Waals surface area (Å²) in [5.74, 6) is 2.88. The summed E-state index contributed by atoms with van der Waals surface area (Å²) in [5.41, 5.74) is 5.76. The number of hydrogen-bond donors (Lipinski definition) is 2. The van der Waals surface area contributed by atoms with Crippen molar-refractivity contribution in [1.29, 1.82) is 0 Å². The van der Waals surface area contributed by atoms with E-state index in [-0.39, 0.29) is 5.78 Å². The molecule has 0 bridgehead atoms. The normalized spacial score (nSPS) is 16.1. The number of carbonyl (C=O) groups excluding carboxylic acids is 1. The highest BCUT2D eigenvalue weighted by Crippen LogP contribution is 2.41. The second kappa shape index (κ2) is 6.75. The van der Waals surface area contributed by atoms with Crippen molar-refractivity contribution in [3.05, 3.63) is 45.4 Å². The lowest BCUT2D eigenvalue weighted by molar-refractivity contribution is 0.103. The number of rotatable bonds is 6. The average Bonchev–Trinajstić information content (AvgIpc) is 3.64. The van der Waals surface area contributed by atoms with Gasteiger partial charge in [-0.2, -0.15) is 0 Å². The fourth-order valence-corrected chi connectivity index (χ4v) is 4.40. The van der Waals surface area contributed by atoms with Crippen LogP contribution in [0.25, 0.3) is 23.2 Å². The molecule has 0 aliphatic heterocycles. The number of hydrogen-bond acceptors (Lipinski definition) is 7. The molecule has 2 fully saturated rings. The number of aromatic amines is 2. The van der Waals surface area contributed by atoms with Crippen molar-refractivity contribution in [2.75, 3.05) is 0 Å². The number of aryl methyl sites for hydroxylation is 2. The molecule has 2 aliphatic carbocycles. The van der Waals surface area contributed by atoms with E-state index in [0.29, 0.717) is 57.9 Å². The predicted molar refractivity (Wildman–Crippen MR) is 114 cm³/mol. The lowest BCUT2D eigenvalue weighted by Gasteiger charge is -2.04. The third-order valence-corrected chi connectivity index (χ3v) is 6.49. The summed E-state index contributed by atoms with van der Waals surface area (Å²) in [7, 11) is 0. The summed E-state index contributed by atoms with van der Waals surface area (Å²) >= 11 is 0. The molecule has 164 valence electrons. The van der Waals surface area contributed by atoms with Crippen LogP contribution in [0, 0.1) is 27.7 Å². The van der Waals surface area contributed by atoms with Gasteiger partial charge in [0.15, 0.2) is 5.78 Å². The standard InChI is InChI=1S/C23H24N6O3/c1-9-15(11(3)24-17(9)22-28-26-20(31-22)13-5-6-13)19(30)16-10(2)18(25-12(16)4)23-29-27-21(32-23)14-7-8-14/h13-14,24-25H,5-8H2,1-4H3. The van der Waals surface area contributed by atoms with Gasteiger partial charge in [-0.05, 0) is 64.5 Å². The van der Waals surface area contributed by atoms with Crippen molar-refractivity contribution in [2.45, 2.75) is 65.2 Å². The van der Waals surface area contributed by atoms with Crippen molar-refractivity contribution < 1.29 is 13.6 Å².